The first-order chi connectivity index (χ1) is 12.8. The van der Waals surface area contributed by atoms with Crippen LogP contribution < -0.4 is 4.74 Å². The molecule has 0 unspecified atom stereocenters. The molecule has 0 radical (unpaired) electrons. The molecule has 0 aliphatic carbocycles. The Morgan fingerprint density at radius 3 is 1.73 bits per heavy atom. The SMILES string of the molecule is C=Cc1ccc(OC(=O)CCCCCCCCCCCCCCC)cc1. The van der Waals surface area contributed by atoms with Crippen molar-refractivity contribution in [1.82, 2.24) is 0 Å². The van der Waals surface area contributed by atoms with Crippen LogP contribution in [0.15, 0.2) is 30.8 Å². The summed E-state index contributed by atoms with van der Waals surface area (Å²) in [6.45, 7) is 5.98. The first-order valence-corrected chi connectivity index (χ1v) is 10.7. The van der Waals surface area contributed by atoms with Crippen molar-refractivity contribution in [2.24, 2.45) is 0 Å². The van der Waals surface area contributed by atoms with Crippen molar-refractivity contribution in [1.29, 1.82) is 0 Å². The second-order valence-corrected chi connectivity index (χ2v) is 7.24. The molecule has 2 heteroatoms. The lowest BCUT2D eigenvalue weighted by molar-refractivity contribution is -0.134. The number of benzene rings is 1. The molecule has 0 aliphatic heterocycles. The molecular weight excluding hydrogens is 320 g/mol. The first kappa shape index (κ1) is 22.5. The quantitative estimate of drug-likeness (QED) is 0.172. The van der Waals surface area contributed by atoms with Gasteiger partial charge in [0.05, 0.1) is 0 Å². The van der Waals surface area contributed by atoms with Crippen LogP contribution in [0.5, 0.6) is 5.75 Å². The zero-order chi connectivity index (χ0) is 18.9. The number of unbranched alkanes of at least 4 members (excludes halogenated alkanes) is 12. The number of esters is 1. The molecule has 0 fully saturated rings. The number of hydrogen-bond acceptors (Lipinski definition) is 2. The van der Waals surface area contributed by atoms with E-state index in [0.29, 0.717) is 12.2 Å². The minimum Gasteiger partial charge on any atom is -0.427 e. The van der Waals surface area contributed by atoms with Gasteiger partial charge in [-0.2, -0.15) is 0 Å². The number of carbonyl (C=O) groups is 1. The van der Waals surface area contributed by atoms with Crippen LogP contribution in [0.4, 0.5) is 0 Å². The van der Waals surface area contributed by atoms with E-state index in [1.807, 2.05) is 24.3 Å². The minimum atomic E-state index is -0.126. The van der Waals surface area contributed by atoms with Crippen molar-refractivity contribution in [2.75, 3.05) is 0 Å². The van der Waals surface area contributed by atoms with E-state index in [1.54, 1.807) is 6.08 Å². The molecule has 0 atom stereocenters. The van der Waals surface area contributed by atoms with Crippen LogP contribution in [0.2, 0.25) is 0 Å². The lowest BCUT2D eigenvalue weighted by Crippen LogP contribution is -2.07. The highest BCUT2D eigenvalue weighted by Gasteiger charge is 2.04. The number of hydrogen-bond donors (Lipinski definition) is 0. The van der Waals surface area contributed by atoms with Crippen LogP contribution in [0.1, 0.15) is 102 Å². The molecular formula is C24H38O2. The van der Waals surface area contributed by atoms with Gasteiger partial charge in [0.2, 0.25) is 0 Å². The monoisotopic (exact) mass is 358 g/mol. The van der Waals surface area contributed by atoms with Gasteiger partial charge in [-0.3, -0.25) is 4.79 Å². The maximum atomic E-state index is 11.8. The minimum absolute atomic E-state index is 0.126. The third-order valence-corrected chi connectivity index (χ3v) is 4.83. The van der Waals surface area contributed by atoms with Crippen molar-refractivity contribution in [2.45, 2.75) is 96.8 Å². The second kappa shape index (κ2) is 15.7. The van der Waals surface area contributed by atoms with Crippen molar-refractivity contribution in [3.8, 4) is 5.75 Å². The van der Waals surface area contributed by atoms with Gasteiger partial charge in [-0.15, -0.1) is 0 Å². The van der Waals surface area contributed by atoms with E-state index in [2.05, 4.69) is 13.5 Å². The van der Waals surface area contributed by atoms with Crippen LogP contribution in [0, 0.1) is 0 Å². The van der Waals surface area contributed by atoms with Crippen LogP contribution in [0.25, 0.3) is 6.08 Å². The molecule has 0 saturated carbocycles. The molecule has 0 aliphatic rings. The van der Waals surface area contributed by atoms with E-state index in [1.165, 1.54) is 70.6 Å². The average molecular weight is 359 g/mol. The Hall–Kier alpha value is -1.57. The lowest BCUT2D eigenvalue weighted by atomic mass is 10.0. The van der Waals surface area contributed by atoms with Crippen LogP contribution in [-0.4, -0.2) is 5.97 Å². The van der Waals surface area contributed by atoms with Crippen LogP contribution in [0.3, 0.4) is 0 Å². The van der Waals surface area contributed by atoms with Gasteiger partial charge < -0.3 is 4.74 Å². The number of rotatable bonds is 16. The molecule has 0 spiro atoms. The molecule has 26 heavy (non-hydrogen) atoms. The first-order valence-electron chi connectivity index (χ1n) is 10.7. The normalized spacial score (nSPS) is 10.7. The molecule has 1 aromatic carbocycles. The van der Waals surface area contributed by atoms with Gasteiger partial charge in [0, 0.05) is 6.42 Å². The zero-order valence-corrected chi connectivity index (χ0v) is 16.8. The Kier molecular flexibility index (Phi) is 13.5. The Morgan fingerprint density at radius 2 is 1.27 bits per heavy atom. The summed E-state index contributed by atoms with van der Waals surface area (Å²) in [6.07, 6.45) is 19.4. The summed E-state index contributed by atoms with van der Waals surface area (Å²) >= 11 is 0. The highest BCUT2D eigenvalue weighted by Crippen LogP contribution is 2.15. The van der Waals surface area contributed by atoms with E-state index in [0.717, 1.165) is 18.4 Å². The Bertz CT molecular complexity index is 475. The van der Waals surface area contributed by atoms with Gasteiger partial charge in [0.1, 0.15) is 5.75 Å². The fourth-order valence-corrected chi connectivity index (χ4v) is 3.14. The van der Waals surface area contributed by atoms with E-state index in [4.69, 9.17) is 4.74 Å². The number of ether oxygens (including phenoxy) is 1. The van der Waals surface area contributed by atoms with Crippen LogP contribution in [-0.2, 0) is 4.79 Å². The predicted molar refractivity (Wildman–Crippen MR) is 112 cm³/mol. The molecule has 146 valence electrons. The lowest BCUT2D eigenvalue weighted by Gasteiger charge is -2.05. The summed E-state index contributed by atoms with van der Waals surface area (Å²) in [7, 11) is 0. The smallest absolute Gasteiger partial charge is 0.311 e. The summed E-state index contributed by atoms with van der Waals surface area (Å²) < 4.78 is 5.35. The van der Waals surface area contributed by atoms with Gasteiger partial charge in [-0.1, -0.05) is 109 Å². The fourth-order valence-electron chi connectivity index (χ4n) is 3.14. The maximum absolute atomic E-state index is 11.8. The standard InChI is InChI=1S/C24H38O2/c1-3-5-6-7-8-9-10-11-12-13-14-15-16-17-24(25)26-23-20-18-22(4-2)19-21-23/h4,18-21H,2-3,5-17H2,1H3. The van der Waals surface area contributed by atoms with Crippen molar-refractivity contribution in [3.05, 3.63) is 36.4 Å². The summed E-state index contributed by atoms with van der Waals surface area (Å²) in [6, 6.07) is 7.44. The summed E-state index contributed by atoms with van der Waals surface area (Å²) in [5.41, 5.74) is 1.03. The maximum Gasteiger partial charge on any atom is 0.311 e. The van der Waals surface area contributed by atoms with Gasteiger partial charge >= 0.3 is 5.97 Å². The zero-order valence-electron chi connectivity index (χ0n) is 16.8. The molecule has 1 rings (SSSR count). The molecule has 0 bridgehead atoms. The molecule has 0 aromatic heterocycles. The van der Waals surface area contributed by atoms with Crippen LogP contribution >= 0.6 is 0 Å². The summed E-state index contributed by atoms with van der Waals surface area (Å²) in [5.74, 6) is 0.495. The fraction of sp³-hybridized carbons (Fsp3) is 0.625. The Balaban J connectivity index is 1.89. The molecule has 2 nitrogen and oxygen atoms in total. The van der Waals surface area contributed by atoms with Gasteiger partial charge in [-0.05, 0) is 24.1 Å². The molecule has 0 heterocycles. The van der Waals surface area contributed by atoms with E-state index in [-0.39, 0.29) is 5.97 Å². The van der Waals surface area contributed by atoms with Gasteiger partial charge in [0.25, 0.3) is 0 Å². The third kappa shape index (κ3) is 11.9. The van der Waals surface area contributed by atoms with Gasteiger partial charge in [0.15, 0.2) is 0 Å². The molecule has 0 amide bonds. The summed E-state index contributed by atoms with van der Waals surface area (Å²) in [4.78, 5) is 11.8. The highest BCUT2D eigenvalue weighted by molar-refractivity contribution is 5.72. The Labute approximate surface area is 161 Å². The topological polar surface area (TPSA) is 26.3 Å². The van der Waals surface area contributed by atoms with E-state index in [9.17, 15) is 4.79 Å². The molecule has 1 aromatic rings. The largest absolute Gasteiger partial charge is 0.427 e. The highest BCUT2D eigenvalue weighted by atomic mass is 16.5. The summed E-state index contributed by atoms with van der Waals surface area (Å²) in [5, 5.41) is 0. The third-order valence-electron chi connectivity index (χ3n) is 4.83. The van der Waals surface area contributed by atoms with Crippen molar-refractivity contribution >= 4 is 12.0 Å². The second-order valence-electron chi connectivity index (χ2n) is 7.24. The van der Waals surface area contributed by atoms with Crippen molar-refractivity contribution < 1.29 is 9.53 Å². The average Bonchev–Trinajstić information content (AvgIpc) is 2.66. The molecule has 0 saturated heterocycles. The molecule has 0 N–H and O–H groups in total. The predicted octanol–water partition coefficient (Wildman–Crippen LogP) is 7.72. The van der Waals surface area contributed by atoms with Crippen molar-refractivity contribution in [3.63, 3.8) is 0 Å². The van der Waals surface area contributed by atoms with E-state index >= 15 is 0 Å². The number of carbonyl (C=O) groups excluding carboxylic acids is 1. The van der Waals surface area contributed by atoms with E-state index < -0.39 is 0 Å². The Morgan fingerprint density at radius 1 is 0.808 bits per heavy atom. The van der Waals surface area contributed by atoms with Gasteiger partial charge in [-0.25, -0.2) is 0 Å².